The van der Waals surface area contributed by atoms with Gasteiger partial charge >= 0.3 is 12.1 Å². The maximum atomic E-state index is 13.0. The molecule has 8 heteroatoms. The Morgan fingerprint density at radius 1 is 1.29 bits per heavy atom. The van der Waals surface area contributed by atoms with Gasteiger partial charge in [0.2, 0.25) is 6.10 Å². The normalized spacial score (nSPS) is 13.0. The topological polar surface area (TPSA) is 52.1 Å². The number of halogens is 3. The van der Waals surface area contributed by atoms with Crippen molar-refractivity contribution >= 4 is 17.3 Å². The summed E-state index contributed by atoms with van der Waals surface area (Å²) in [6, 6.07) is 2.89. The van der Waals surface area contributed by atoms with Crippen LogP contribution in [0.4, 0.5) is 13.2 Å². The van der Waals surface area contributed by atoms with Gasteiger partial charge in [0, 0.05) is 23.0 Å². The van der Waals surface area contributed by atoms with Crippen LogP contribution in [0.1, 0.15) is 32.9 Å². The summed E-state index contributed by atoms with van der Waals surface area (Å²) >= 11 is 0.800. The van der Waals surface area contributed by atoms with Crippen LogP contribution in [0.3, 0.4) is 0 Å². The van der Waals surface area contributed by atoms with Crippen LogP contribution in [0, 0.1) is 13.8 Å². The standard InChI is InChI=1S/C13H11F3N2O2S/c1-7-3-4-9(5-17-7)12(19)20-10(13(14,15)16)11-18-8(2)6-21-11/h3-6,10H,1-2H3/t10-/m0/s1. The molecule has 112 valence electrons. The molecular formula is C13H11F3N2O2S. The van der Waals surface area contributed by atoms with Crippen molar-refractivity contribution < 1.29 is 22.7 Å². The number of ether oxygens (including phenoxy) is 1. The molecule has 0 aromatic carbocycles. The zero-order valence-electron chi connectivity index (χ0n) is 11.1. The Balaban J connectivity index is 2.23. The molecule has 4 nitrogen and oxygen atoms in total. The lowest BCUT2D eigenvalue weighted by Crippen LogP contribution is -2.26. The molecule has 2 aromatic heterocycles. The van der Waals surface area contributed by atoms with E-state index in [1.165, 1.54) is 23.7 Å². The van der Waals surface area contributed by atoms with Gasteiger partial charge in [0.05, 0.1) is 5.56 Å². The van der Waals surface area contributed by atoms with Crippen molar-refractivity contribution in [2.24, 2.45) is 0 Å². The lowest BCUT2D eigenvalue weighted by molar-refractivity contribution is -0.207. The Labute approximate surface area is 122 Å². The van der Waals surface area contributed by atoms with E-state index < -0.39 is 18.2 Å². The number of esters is 1. The fourth-order valence-electron chi connectivity index (χ4n) is 1.51. The van der Waals surface area contributed by atoms with Crippen LogP contribution in [0.15, 0.2) is 23.7 Å². The van der Waals surface area contributed by atoms with Gasteiger partial charge in [-0.15, -0.1) is 11.3 Å². The molecule has 0 radical (unpaired) electrons. The van der Waals surface area contributed by atoms with Crippen molar-refractivity contribution in [1.29, 1.82) is 0 Å². The van der Waals surface area contributed by atoms with Gasteiger partial charge in [0.1, 0.15) is 5.01 Å². The first-order valence-electron chi connectivity index (χ1n) is 5.90. The maximum absolute atomic E-state index is 13.0. The molecule has 1 atom stereocenters. The second kappa shape index (κ2) is 5.80. The van der Waals surface area contributed by atoms with E-state index >= 15 is 0 Å². The van der Waals surface area contributed by atoms with E-state index in [0.717, 1.165) is 11.3 Å². The second-order valence-corrected chi connectivity index (χ2v) is 5.23. The number of carbonyl (C=O) groups excluding carboxylic acids is 1. The van der Waals surface area contributed by atoms with Gasteiger partial charge in [-0.3, -0.25) is 4.98 Å². The van der Waals surface area contributed by atoms with Gasteiger partial charge in [0.25, 0.3) is 0 Å². The van der Waals surface area contributed by atoms with E-state index in [9.17, 15) is 18.0 Å². The van der Waals surface area contributed by atoms with Crippen LogP contribution < -0.4 is 0 Å². The van der Waals surface area contributed by atoms with Crippen LogP contribution in [-0.4, -0.2) is 22.1 Å². The number of alkyl halides is 3. The third kappa shape index (κ3) is 3.78. The van der Waals surface area contributed by atoms with Crippen LogP contribution in [-0.2, 0) is 4.74 Å². The van der Waals surface area contributed by atoms with Crippen LogP contribution in [0.2, 0.25) is 0 Å². The third-order valence-electron chi connectivity index (χ3n) is 2.53. The lowest BCUT2D eigenvalue weighted by Gasteiger charge is -2.18. The molecule has 2 aromatic rings. The van der Waals surface area contributed by atoms with Crippen molar-refractivity contribution in [2.45, 2.75) is 26.1 Å². The van der Waals surface area contributed by atoms with E-state index in [-0.39, 0.29) is 10.6 Å². The predicted molar refractivity (Wildman–Crippen MR) is 70.0 cm³/mol. The van der Waals surface area contributed by atoms with Crippen molar-refractivity contribution in [3.05, 3.63) is 45.7 Å². The molecule has 2 heterocycles. The van der Waals surface area contributed by atoms with E-state index in [4.69, 9.17) is 0 Å². The maximum Gasteiger partial charge on any atom is 0.432 e. The average Bonchev–Trinajstić information content (AvgIpc) is 2.81. The smallest absolute Gasteiger partial charge is 0.432 e. The quantitative estimate of drug-likeness (QED) is 0.812. The molecule has 0 fully saturated rings. The van der Waals surface area contributed by atoms with Crippen LogP contribution >= 0.6 is 11.3 Å². The monoisotopic (exact) mass is 316 g/mol. The van der Waals surface area contributed by atoms with Gasteiger partial charge in [-0.25, -0.2) is 9.78 Å². The average molecular weight is 316 g/mol. The van der Waals surface area contributed by atoms with Gasteiger partial charge in [-0.2, -0.15) is 13.2 Å². The highest BCUT2D eigenvalue weighted by Crippen LogP contribution is 2.37. The summed E-state index contributed by atoms with van der Waals surface area (Å²) in [6.07, 6.45) is -5.92. The number of rotatable bonds is 3. The van der Waals surface area contributed by atoms with Crippen molar-refractivity contribution in [3.8, 4) is 0 Å². The Kier molecular flexibility index (Phi) is 4.26. The zero-order chi connectivity index (χ0) is 15.6. The molecule has 0 aliphatic rings. The lowest BCUT2D eigenvalue weighted by atomic mass is 10.2. The number of aryl methyl sites for hydroxylation is 2. The van der Waals surface area contributed by atoms with Crippen molar-refractivity contribution in [3.63, 3.8) is 0 Å². The van der Waals surface area contributed by atoms with Gasteiger partial charge in [0.15, 0.2) is 0 Å². The summed E-state index contributed by atoms with van der Waals surface area (Å²) in [7, 11) is 0. The molecule has 0 amide bonds. The number of hydrogen-bond acceptors (Lipinski definition) is 5. The molecule has 0 unspecified atom stereocenters. The predicted octanol–water partition coefficient (Wildman–Crippen LogP) is 3.62. The highest BCUT2D eigenvalue weighted by molar-refractivity contribution is 7.09. The molecule has 2 rings (SSSR count). The number of thiazole rings is 1. The van der Waals surface area contributed by atoms with Crippen molar-refractivity contribution in [1.82, 2.24) is 9.97 Å². The minimum Gasteiger partial charge on any atom is -0.441 e. The molecule has 0 spiro atoms. The first-order valence-corrected chi connectivity index (χ1v) is 6.77. The van der Waals surface area contributed by atoms with E-state index in [1.54, 1.807) is 13.8 Å². The third-order valence-corrected chi connectivity index (χ3v) is 3.54. The minimum atomic E-state index is -4.72. The fourth-order valence-corrected chi connectivity index (χ4v) is 2.36. The summed E-state index contributed by atoms with van der Waals surface area (Å²) in [5.41, 5.74) is 1.05. The molecule has 0 bridgehead atoms. The van der Waals surface area contributed by atoms with Gasteiger partial charge < -0.3 is 4.74 Å². The molecule has 0 saturated carbocycles. The number of carbonyl (C=O) groups is 1. The van der Waals surface area contributed by atoms with E-state index in [1.807, 2.05) is 0 Å². The summed E-state index contributed by atoms with van der Waals surface area (Å²) in [5, 5.41) is 1.17. The second-order valence-electron chi connectivity index (χ2n) is 4.34. The summed E-state index contributed by atoms with van der Waals surface area (Å²) in [4.78, 5) is 19.4. The molecule has 21 heavy (non-hydrogen) atoms. The number of hydrogen-bond donors (Lipinski definition) is 0. The number of pyridine rings is 1. The van der Waals surface area contributed by atoms with Crippen molar-refractivity contribution in [2.75, 3.05) is 0 Å². The van der Waals surface area contributed by atoms with Crippen LogP contribution in [0.5, 0.6) is 0 Å². The molecule has 0 aliphatic carbocycles. The summed E-state index contributed by atoms with van der Waals surface area (Å²) in [6.45, 7) is 3.27. The zero-order valence-corrected chi connectivity index (χ0v) is 12.0. The molecule has 0 N–H and O–H groups in total. The first-order chi connectivity index (χ1) is 9.77. The fraction of sp³-hybridized carbons (Fsp3) is 0.308. The highest BCUT2D eigenvalue weighted by atomic mass is 32.1. The van der Waals surface area contributed by atoms with E-state index in [0.29, 0.717) is 11.4 Å². The largest absolute Gasteiger partial charge is 0.441 e. The Hall–Kier alpha value is -1.96. The number of aromatic nitrogens is 2. The minimum absolute atomic E-state index is 0.0388. The van der Waals surface area contributed by atoms with Crippen LogP contribution in [0.25, 0.3) is 0 Å². The molecule has 0 aliphatic heterocycles. The Bertz CT molecular complexity index is 638. The molecular weight excluding hydrogens is 305 g/mol. The summed E-state index contributed by atoms with van der Waals surface area (Å²) < 4.78 is 43.7. The Morgan fingerprint density at radius 2 is 2.00 bits per heavy atom. The van der Waals surface area contributed by atoms with Gasteiger partial charge in [-0.05, 0) is 26.0 Å². The molecule has 0 saturated heterocycles. The Morgan fingerprint density at radius 3 is 2.48 bits per heavy atom. The number of nitrogens with zero attached hydrogens (tertiary/aromatic N) is 2. The first kappa shape index (κ1) is 15.4. The highest BCUT2D eigenvalue weighted by Gasteiger charge is 2.46. The van der Waals surface area contributed by atoms with Gasteiger partial charge in [-0.1, -0.05) is 0 Å². The van der Waals surface area contributed by atoms with E-state index in [2.05, 4.69) is 14.7 Å². The SMILES string of the molecule is Cc1ccc(C(=O)O[C@@H](c2nc(C)cs2)C(F)(F)F)cn1. The summed E-state index contributed by atoms with van der Waals surface area (Å²) in [5.74, 6) is -1.09.